The van der Waals surface area contributed by atoms with Crippen molar-refractivity contribution in [1.82, 2.24) is 9.97 Å². The van der Waals surface area contributed by atoms with Crippen LogP contribution in [-0.4, -0.2) is 38.7 Å². The summed E-state index contributed by atoms with van der Waals surface area (Å²) in [6.45, 7) is 11.0. The Morgan fingerprint density at radius 3 is 1.20 bits per heavy atom. The second-order valence-corrected chi connectivity index (χ2v) is 21.8. The van der Waals surface area contributed by atoms with E-state index in [-0.39, 0.29) is 114 Å². The van der Waals surface area contributed by atoms with Gasteiger partial charge in [0.15, 0.2) is 0 Å². The number of benzene rings is 6. The number of rotatable bonds is 10. The molecule has 0 fully saturated rings. The third-order valence-corrected chi connectivity index (χ3v) is 14.2. The van der Waals surface area contributed by atoms with Crippen LogP contribution in [0.5, 0.6) is 0 Å². The summed E-state index contributed by atoms with van der Waals surface area (Å²) >= 11 is 0. The van der Waals surface area contributed by atoms with Crippen molar-refractivity contribution in [3.05, 3.63) is 179 Å². The van der Waals surface area contributed by atoms with Gasteiger partial charge in [0.2, 0.25) is 0 Å². The van der Waals surface area contributed by atoms with Gasteiger partial charge in [-0.05, 0) is 106 Å². The molecular weight excluding hydrogens is 1010 g/mol. The van der Waals surface area contributed by atoms with E-state index in [0.717, 1.165) is 12.1 Å². The summed E-state index contributed by atoms with van der Waals surface area (Å²) in [4.78, 5) is 30.9. The number of anilines is 2. The van der Waals surface area contributed by atoms with Gasteiger partial charge >= 0.3 is 59.1 Å². The van der Waals surface area contributed by atoms with Crippen LogP contribution in [0, 0.1) is 34.3 Å². The van der Waals surface area contributed by atoms with E-state index in [0.29, 0.717) is 44.2 Å². The number of nitrogens with zero attached hydrogens (tertiary/aromatic N) is 4. The molecule has 8 aromatic rings. The van der Waals surface area contributed by atoms with Crippen molar-refractivity contribution in [3.8, 4) is 34.4 Å². The molecule has 0 radical (unpaired) electrons. The molecule has 0 amide bonds. The minimum absolute atomic E-state index is 0. The number of aromatic nitrogens is 2. The van der Waals surface area contributed by atoms with Crippen LogP contribution in [-0.2, 0) is 30.9 Å². The molecule has 0 bridgehead atoms. The smallest absolute Gasteiger partial charge is 0.545 e. The van der Waals surface area contributed by atoms with Gasteiger partial charge < -0.3 is 19.8 Å². The molecule has 0 spiro atoms. The maximum Gasteiger partial charge on any atom is 1.00 e. The molecule has 0 aliphatic heterocycles. The number of carboxylic acid groups (broad SMARTS) is 2. The fraction of sp³-hybridized carbons (Fsp3) is 0.148. The Hall–Kier alpha value is -6.58. The van der Waals surface area contributed by atoms with E-state index in [4.69, 9.17) is 0 Å². The number of fused-ring (bicyclic) bond motifs is 2. The van der Waals surface area contributed by atoms with Crippen molar-refractivity contribution < 1.29 is 105 Å². The fourth-order valence-electron chi connectivity index (χ4n) is 7.95. The predicted octanol–water partition coefficient (Wildman–Crippen LogP) is 2.76. The first kappa shape index (κ1) is 58.3. The van der Waals surface area contributed by atoms with Gasteiger partial charge in [-0.15, -0.1) is 0 Å². The number of aromatic carboxylic acids is 2. The number of halogens is 2. The van der Waals surface area contributed by atoms with Crippen molar-refractivity contribution in [3.63, 3.8) is 0 Å². The summed E-state index contributed by atoms with van der Waals surface area (Å²) in [6, 6.07) is 32.4. The first-order valence-electron chi connectivity index (χ1n) is 21.8. The van der Waals surface area contributed by atoms with E-state index >= 15 is 0 Å². The summed E-state index contributed by atoms with van der Waals surface area (Å²) in [6.07, 6.45) is 2.87. The molecule has 0 saturated heterocycles. The number of sulfonamides is 2. The number of carboxylic acids is 2. The third-order valence-electron chi connectivity index (χ3n) is 11.5. The molecule has 2 N–H and O–H groups in total. The van der Waals surface area contributed by atoms with Crippen LogP contribution >= 0.6 is 0 Å². The molecule has 74 heavy (non-hydrogen) atoms. The average molecular weight is 1050 g/mol. The zero-order valence-corrected chi connectivity index (χ0v) is 47.0. The Morgan fingerprint density at radius 2 is 0.892 bits per heavy atom. The summed E-state index contributed by atoms with van der Waals surface area (Å²) < 4.78 is 87.3. The molecule has 0 aliphatic rings. The average Bonchev–Trinajstić information content (AvgIpc) is 3.32. The molecule has 2 aromatic heterocycles. The van der Waals surface area contributed by atoms with Crippen LogP contribution in [0.15, 0.2) is 144 Å². The maximum absolute atomic E-state index is 14.7. The number of hydrogen-bond acceptors (Lipinski definition) is 12. The zero-order chi connectivity index (χ0) is 52.5. The van der Waals surface area contributed by atoms with Gasteiger partial charge in [-0.1, -0.05) is 90.1 Å². The first-order valence-corrected chi connectivity index (χ1v) is 24.7. The largest absolute Gasteiger partial charge is 1.00 e. The normalized spacial score (nSPS) is 11.4. The summed E-state index contributed by atoms with van der Waals surface area (Å²) in [7, 11) is -8.43. The van der Waals surface area contributed by atoms with Crippen LogP contribution in [0.25, 0.3) is 44.1 Å². The topological polar surface area (TPSA) is 246 Å². The molecular formula is C54H42F2N6Na2O8S2. The van der Waals surface area contributed by atoms with Crippen molar-refractivity contribution in [2.75, 3.05) is 9.44 Å². The molecule has 364 valence electrons. The summed E-state index contributed by atoms with van der Waals surface area (Å²) in [5.74, 6) is -4.09. The van der Waals surface area contributed by atoms with Gasteiger partial charge in [-0.25, -0.2) is 25.6 Å². The second-order valence-electron chi connectivity index (χ2n) is 18.4. The minimum Gasteiger partial charge on any atom is -0.545 e. The zero-order valence-electron chi connectivity index (χ0n) is 41.3. The van der Waals surface area contributed by atoms with E-state index in [1.807, 2.05) is 53.7 Å². The Morgan fingerprint density at radius 1 is 0.527 bits per heavy atom. The number of nitriles is 2. The van der Waals surface area contributed by atoms with Gasteiger partial charge in [0, 0.05) is 45.4 Å². The van der Waals surface area contributed by atoms with Gasteiger partial charge in [0.1, 0.15) is 11.6 Å². The quantitative estimate of drug-likeness (QED) is 0.188. The standard InChI is InChI=1S/2C27H22FN3O4S.2Na/c2*1-27(2,3)22-10-7-17(14-23(22)28)36(34,35)31-24-11-6-16(15-29)13-21(24)18-8-9-20(26(32)33)25-19(18)5-4-12-30-25;;/h2*4-14,31H,1-3H3,(H,32,33);;/q;;2*+1/p-2. The molecule has 0 atom stereocenters. The van der Waals surface area contributed by atoms with Gasteiger partial charge in [-0.2, -0.15) is 10.5 Å². The van der Waals surface area contributed by atoms with E-state index in [1.54, 1.807) is 24.3 Å². The Bertz CT molecular complexity index is 3600. The maximum atomic E-state index is 14.7. The predicted molar refractivity (Wildman–Crippen MR) is 264 cm³/mol. The fourth-order valence-corrected chi connectivity index (χ4v) is 10.1. The number of carbonyl (C=O) groups excluding carboxylic acids is 2. The number of hydrogen-bond donors (Lipinski definition) is 2. The van der Waals surface area contributed by atoms with Crippen LogP contribution in [0.2, 0.25) is 0 Å². The molecule has 0 saturated carbocycles. The molecule has 20 heteroatoms. The number of nitrogens with one attached hydrogen (secondary N) is 2. The van der Waals surface area contributed by atoms with Gasteiger partial charge in [0.25, 0.3) is 20.0 Å². The molecule has 8 rings (SSSR count). The van der Waals surface area contributed by atoms with Crippen molar-refractivity contribution in [1.29, 1.82) is 10.5 Å². The third kappa shape index (κ3) is 12.5. The second kappa shape index (κ2) is 22.9. The summed E-state index contributed by atoms with van der Waals surface area (Å²) in [5.41, 5.74) is 2.14. The number of pyridine rings is 2. The van der Waals surface area contributed by atoms with Crippen molar-refractivity contribution in [2.24, 2.45) is 0 Å². The molecule has 0 unspecified atom stereocenters. The van der Waals surface area contributed by atoms with Crippen molar-refractivity contribution in [2.45, 2.75) is 62.2 Å². The molecule has 0 aliphatic carbocycles. The van der Waals surface area contributed by atoms with Gasteiger partial charge in [-0.3, -0.25) is 19.4 Å². The van der Waals surface area contributed by atoms with Gasteiger partial charge in [0.05, 0.1) is 67.4 Å². The van der Waals surface area contributed by atoms with E-state index in [9.17, 15) is 55.9 Å². The Kier molecular flexibility index (Phi) is 18.0. The Labute approximate surface area is 470 Å². The van der Waals surface area contributed by atoms with Crippen LogP contribution in [0.4, 0.5) is 20.2 Å². The minimum atomic E-state index is -4.22. The SMILES string of the molecule is CC(C)(C)c1ccc(S(=O)(=O)Nc2ccc(C#N)cc2-c2ccc(C(=O)[O-])c3ncccc23)cc1F.CC(C)(C)c1ccc(S(=O)(=O)Nc2ccc(C#N)cc2-c2ccc(C(=O)[O-])c3ncccc23)cc1F.[Na+].[Na+]. The monoisotopic (exact) mass is 1050 g/mol. The van der Waals surface area contributed by atoms with Crippen LogP contribution in [0.3, 0.4) is 0 Å². The van der Waals surface area contributed by atoms with E-state index < -0.39 is 54.4 Å². The van der Waals surface area contributed by atoms with Crippen molar-refractivity contribution >= 4 is 65.2 Å². The van der Waals surface area contributed by atoms with E-state index in [1.165, 1.54) is 97.3 Å². The molecule has 14 nitrogen and oxygen atoms in total. The van der Waals surface area contributed by atoms with E-state index in [2.05, 4.69) is 19.4 Å². The number of carbonyl (C=O) groups is 2. The first-order chi connectivity index (χ1) is 33.8. The Balaban J connectivity index is 0.000000267. The van der Waals surface area contributed by atoms with Crippen LogP contribution in [0.1, 0.15) is 84.5 Å². The molecule has 2 heterocycles. The summed E-state index contributed by atoms with van der Waals surface area (Å²) in [5, 5.41) is 42.9. The van der Waals surface area contributed by atoms with Crippen LogP contribution < -0.4 is 78.8 Å². The molecule has 6 aromatic carbocycles.